The van der Waals surface area contributed by atoms with Gasteiger partial charge < -0.3 is 14.2 Å². The Bertz CT molecular complexity index is 698. The molecular formula is C28H46O3. The number of methoxy groups -OCH3 is 1. The molecule has 3 heteroatoms. The van der Waals surface area contributed by atoms with E-state index in [-0.39, 0.29) is 5.79 Å². The van der Waals surface area contributed by atoms with E-state index < -0.39 is 0 Å². The monoisotopic (exact) mass is 430 g/mol. The van der Waals surface area contributed by atoms with Crippen LogP contribution in [0.4, 0.5) is 0 Å². The van der Waals surface area contributed by atoms with Crippen molar-refractivity contribution in [3.8, 4) is 0 Å². The normalized spacial score (nSPS) is 60.9. The van der Waals surface area contributed by atoms with Gasteiger partial charge in [0, 0.05) is 19.4 Å². The summed E-state index contributed by atoms with van der Waals surface area (Å²) in [6, 6.07) is 0. The Morgan fingerprint density at radius 1 is 0.839 bits per heavy atom. The molecule has 4 saturated carbocycles. The fourth-order valence-electron chi connectivity index (χ4n) is 10.5. The van der Waals surface area contributed by atoms with Crippen molar-refractivity contribution in [2.24, 2.45) is 52.3 Å². The maximum atomic E-state index is 6.93. The first kappa shape index (κ1) is 21.4. The fraction of sp³-hybridized carbons (Fsp3) is 1.00. The third-order valence-electron chi connectivity index (χ3n) is 12.2. The van der Waals surface area contributed by atoms with Gasteiger partial charge in [0.2, 0.25) is 0 Å². The number of rotatable bonds is 1. The van der Waals surface area contributed by atoms with Crippen LogP contribution in [0.2, 0.25) is 0 Å². The van der Waals surface area contributed by atoms with Crippen molar-refractivity contribution < 1.29 is 14.2 Å². The summed E-state index contributed by atoms with van der Waals surface area (Å²) in [5, 5.41) is 0. The Morgan fingerprint density at radius 2 is 1.65 bits per heavy atom. The standard InChI is InChI=1S/C28H46O3/c1-17-8-13-28(30-16-17)18(2)25-24(31-28)15-23-21-7-6-19-14-20(29-5)9-11-26(19,3)22(21)10-12-27(23,25)4/h17-25H,6-16H2,1-5H3/t17?,18-,19+,20?,21?,22?,23?,24-,25?,26-,27-,28+/m0/s1. The van der Waals surface area contributed by atoms with Crippen molar-refractivity contribution in [2.45, 2.75) is 110 Å². The lowest BCUT2D eigenvalue weighted by Crippen LogP contribution is -2.55. The number of fused-ring (bicyclic) bond motifs is 7. The topological polar surface area (TPSA) is 27.7 Å². The quantitative estimate of drug-likeness (QED) is 0.478. The Balaban J connectivity index is 1.24. The molecule has 0 aromatic carbocycles. The molecule has 6 aliphatic rings. The van der Waals surface area contributed by atoms with Gasteiger partial charge in [-0.05, 0) is 104 Å². The third kappa shape index (κ3) is 2.88. The minimum absolute atomic E-state index is 0.269. The predicted octanol–water partition coefficient (Wildman–Crippen LogP) is 6.45. The lowest BCUT2D eigenvalue weighted by molar-refractivity contribution is -0.273. The molecule has 3 nitrogen and oxygen atoms in total. The molecule has 2 saturated heterocycles. The van der Waals surface area contributed by atoms with Crippen molar-refractivity contribution in [3.05, 3.63) is 0 Å². The van der Waals surface area contributed by atoms with Gasteiger partial charge in [0.15, 0.2) is 5.79 Å². The molecule has 176 valence electrons. The van der Waals surface area contributed by atoms with E-state index in [9.17, 15) is 0 Å². The summed E-state index contributed by atoms with van der Waals surface area (Å²) in [4.78, 5) is 0. The molecule has 0 bridgehead atoms. The fourth-order valence-corrected chi connectivity index (χ4v) is 10.5. The van der Waals surface area contributed by atoms with Gasteiger partial charge in [-0.25, -0.2) is 0 Å². The summed E-state index contributed by atoms with van der Waals surface area (Å²) < 4.78 is 19.2. The third-order valence-corrected chi connectivity index (χ3v) is 12.2. The van der Waals surface area contributed by atoms with Gasteiger partial charge in [-0.2, -0.15) is 0 Å². The average Bonchev–Trinajstić information content (AvgIpc) is 3.20. The van der Waals surface area contributed by atoms with Crippen LogP contribution in [0.3, 0.4) is 0 Å². The highest BCUT2D eigenvalue weighted by molar-refractivity contribution is 5.15. The highest BCUT2D eigenvalue weighted by Crippen LogP contribution is 2.71. The molecule has 0 aromatic heterocycles. The number of hydrogen-bond donors (Lipinski definition) is 0. The summed E-state index contributed by atoms with van der Waals surface area (Å²) in [5.74, 6) is 5.25. The summed E-state index contributed by atoms with van der Waals surface area (Å²) in [6.07, 6.45) is 14.3. The van der Waals surface area contributed by atoms with Crippen LogP contribution in [0.1, 0.15) is 91.9 Å². The molecular weight excluding hydrogens is 384 g/mol. The largest absolute Gasteiger partial charge is 0.381 e. The highest BCUT2D eigenvalue weighted by atomic mass is 16.7. The van der Waals surface area contributed by atoms with E-state index in [4.69, 9.17) is 14.2 Å². The Morgan fingerprint density at radius 3 is 2.39 bits per heavy atom. The second-order valence-corrected chi connectivity index (χ2v) is 13.3. The molecule has 31 heavy (non-hydrogen) atoms. The maximum absolute atomic E-state index is 6.93. The van der Waals surface area contributed by atoms with Crippen molar-refractivity contribution >= 4 is 0 Å². The van der Waals surface area contributed by atoms with E-state index in [1.54, 1.807) is 0 Å². The van der Waals surface area contributed by atoms with Gasteiger partial charge in [-0.1, -0.05) is 27.7 Å². The number of ether oxygens (including phenoxy) is 3. The first-order chi connectivity index (χ1) is 14.8. The molecule has 6 rings (SSSR count). The van der Waals surface area contributed by atoms with Crippen molar-refractivity contribution in [1.82, 2.24) is 0 Å². The van der Waals surface area contributed by atoms with Crippen LogP contribution in [0.25, 0.3) is 0 Å². The molecule has 2 aliphatic heterocycles. The van der Waals surface area contributed by atoms with Gasteiger partial charge in [0.05, 0.1) is 18.8 Å². The van der Waals surface area contributed by atoms with Crippen LogP contribution < -0.4 is 0 Å². The van der Waals surface area contributed by atoms with Crippen LogP contribution in [0, 0.1) is 52.3 Å². The van der Waals surface area contributed by atoms with Crippen molar-refractivity contribution in [1.29, 1.82) is 0 Å². The zero-order valence-electron chi connectivity index (χ0n) is 20.7. The smallest absolute Gasteiger partial charge is 0.171 e. The Labute approximate surface area is 190 Å². The van der Waals surface area contributed by atoms with Crippen LogP contribution in [-0.4, -0.2) is 31.7 Å². The molecule has 6 fully saturated rings. The highest BCUT2D eigenvalue weighted by Gasteiger charge is 2.69. The summed E-state index contributed by atoms with van der Waals surface area (Å²) >= 11 is 0. The summed E-state index contributed by atoms with van der Waals surface area (Å²) in [5.41, 5.74) is 1.00. The molecule has 4 aliphatic carbocycles. The summed E-state index contributed by atoms with van der Waals surface area (Å²) in [6.45, 7) is 11.0. The van der Waals surface area contributed by atoms with Gasteiger partial charge in [-0.15, -0.1) is 0 Å². The van der Waals surface area contributed by atoms with Crippen LogP contribution in [-0.2, 0) is 14.2 Å². The van der Waals surface area contributed by atoms with E-state index in [0.717, 1.165) is 36.7 Å². The van der Waals surface area contributed by atoms with Crippen LogP contribution in [0.15, 0.2) is 0 Å². The zero-order chi connectivity index (χ0) is 21.6. The lowest BCUT2D eigenvalue weighted by atomic mass is 9.44. The van der Waals surface area contributed by atoms with E-state index in [0.29, 0.717) is 40.8 Å². The van der Waals surface area contributed by atoms with Gasteiger partial charge in [0.1, 0.15) is 0 Å². The molecule has 6 unspecified atom stereocenters. The van der Waals surface area contributed by atoms with Gasteiger partial charge in [-0.3, -0.25) is 0 Å². The molecule has 0 aromatic rings. The zero-order valence-corrected chi connectivity index (χ0v) is 20.7. The van der Waals surface area contributed by atoms with E-state index in [2.05, 4.69) is 27.7 Å². The van der Waals surface area contributed by atoms with Crippen LogP contribution >= 0.6 is 0 Å². The first-order valence-corrected chi connectivity index (χ1v) is 13.7. The minimum atomic E-state index is -0.269. The Hall–Kier alpha value is -0.120. The Kier molecular flexibility index (Phi) is 4.97. The second-order valence-electron chi connectivity index (χ2n) is 13.3. The first-order valence-electron chi connectivity index (χ1n) is 13.7. The lowest BCUT2D eigenvalue weighted by Gasteiger charge is -2.61. The molecule has 1 spiro atoms. The van der Waals surface area contributed by atoms with Gasteiger partial charge in [0.25, 0.3) is 0 Å². The number of hydrogen-bond acceptors (Lipinski definition) is 3. The molecule has 12 atom stereocenters. The van der Waals surface area contributed by atoms with Crippen molar-refractivity contribution in [2.75, 3.05) is 13.7 Å². The second kappa shape index (κ2) is 7.19. The average molecular weight is 431 g/mol. The van der Waals surface area contributed by atoms with Crippen LogP contribution in [0.5, 0.6) is 0 Å². The molecule has 0 amide bonds. The van der Waals surface area contributed by atoms with E-state index in [1.165, 1.54) is 57.8 Å². The predicted molar refractivity (Wildman–Crippen MR) is 123 cm³/mol. The van der Waals surface area contributed by atoms with Gasteiger partial charge >= 0.3 is 0 Å². The molecule has 0 N–H and O–H groups in total. The van der Waals surface area contributed by atoms with E-state index in [1.807, 2.05) is 7.11 Å². The van der Waals surface area contributed by atoms with E-state index >= 15 is 0 Å². The SMILES string of the molecule is COC1CC[C@]2(C)C3CC[C@@]4(C)C(C[C@@H]5O[C@]6(CCC(C)CO6)[C@@H](C)C54)C3CC[C@@H]2C1. The molecule has 2 heterocycles. The van der Waals surface area contributed by atoms with Crippen molar-refractivity contribution in [3.63, 3.8) is 0 Å². The summed E-state index contributed by atoms with van der Waals surface area (Å²) in [7, 11) is 1.92. The maximum Gasteiger partial charge on any atom is 0.171 e. The molecule has 0 radical (unpaired) electrons. The minimum Gasteiger partial charge on any atom is -0.381 e.